The second kappa shape index (κ2) is 9.72. The maximum Gasteiger partial charge on any atom is 0.242 e. The summed E-state index contributed by atoms with van der Waals surface area (Å²) in [6.07, 6.45) is 0.817. The van der Waals surface area contributed by atoms with Gasteiger partial charge in [0, 0.05) is 31.3 Å². The monoisotopic (exact) mass is 437 g/mol. The van der Waals surface area contributed by atoms with Crippen molar-refractivity contribution in [1.82, 2.24) is 10.6 Å². The van der Waals surface area contributed by atoms with Crippen molar-refractivity contribution >= 4 is 23.4 Å². The quantitative estimate of drug-likeness (QED) is 0.687. The molecule has 1 saturated heterocycles. The fourth-order valence-electron chi connectivity index (χ4n) is 3.86. The van der Waals surface area contributed by atoms with Crippen molar-refractivity contribution in [1.29, 1.82) is 0 Å². The second-order valence-electron chi connectivity index (χ2n) is 7.99. The van der Waals surface area contributed by atoms with Gasteiger partial charge in [0.25, 0.3) is 0 Å². The van der Waals surface area contributed by atoms with Crippen LogP contribution in [0.15, 0.2) is 48.5 Å². The van der Waals surface area contributed by atoms with Gasteiger partial charge in [0.05, 0.1) is 5.92 Å². The number of anilines is 1. The molecule has 3 amide bonds. The summed E-state index contributed by atoms with van der Waals surface area (Å²) in [6.45, 7) is 3.34. The third-order valence-electron chi connectivity index (χ3n) is 5.64. The molecular weight excluding hydrogens is 410 g/mol. The van der Waals surface area contributed by atoms with Gasteiger partial charge in [-0.1, -0.05) is 30.3 Å². The lowest BCUT2D eigenvalue weighted by molar-refractivity contribution is -0.130. The third-order valence-corrected chi connectivity index (χ3v) is 5.64. The van der Waals surface area contributed by atoms with Gasteiger partial charge in [-0.3, -0.25) is 14.4 Å². The summed E-state index contributed by atoms with van der Waals surface area (Å²) in [7, 11) is 0. The highest BCUT2D eigenvalue weighted by atomic mass is 16.6. The number of nitrogens with one attached hydrogen (secondary N) is 2. The Hall–Kier alpha value is -3.55. The molecule has 0 bridgehead atoms. The zero-order valence-corrected chi connectivity index (χ0v) is 18.0. The number of benzene rings is 2. The molecule has 0 aliphatic carbocycles. The van der Waals surface area contributed by atoms with Crippen LogP contribution < -0.4 is 25.0 Å². The van der Waals surface area contributed by atoms with Crippen molar-refractivity contribution in [3.8, 4) is 11.5 Å². The third kappa shape index (κ3) is 5.01. The van der Waals surface area contributed by atoms with Gasteiger partial charge < -0.3 is 25.0 Å². The SMILES string of the molecule is C[C@H](NC(=O)[C@H]1CC(=O)N(c2ccc3c(c2)OCCO3)C1)C(=O)NCCc1ccccc1. The van der Waals surface area contributed by atoms with Crippen LogP contribution in [0.5, 0.6) is 11.5 Å². The average Bonchev–Trinajstić information content (AvgIpc) is 3.21. The van der Waals surface area contributed by atoms with Crippen LogP contribution in [0, 0.1) is 5.92 Å². The van der Waals surface area contributed by atoms with Crippen LogP contribution in [0.3, 0.4) is 0 Å². The Morgan fingerprint density at radius 2 is 1.84 bits per heavy atom. The van der Waals surface area contributed by atoms with E-state index < -0.39 is 12.0 Å². The number of nitrogens with zero attached hydrogens (tertiary/aromatic N) is 1. The first-order valence-corrected chi connectivity index (χ1v) is 10.8. The topological polar surface area (TPSA) is 97.0 Å². The standard InChI is InChI=1S/C24H27N3O5/c1-16(23(29)25-10-9-17-5-3-2-4-6-17)26-24(30)18-13-22(28)27(15-18)19-7-8-20-21(14-19)32-12-11-31-20/h2-8,14,16,18H,9-13,15H2,1H3,(H,25,29)(H,26,30)/t16-,18-/m0/s1. The molecule has 0 radical (unpaired) electrons. The molecular formula is C24H27N3O5. The first kappa shape index (κ1) is 21.7. The van der Waals surface area contributed by atoms with Gasteiger partial charge in [-0.2, -0.15) is 0 Å². The van der Waals surface area contributed by atoms with E-state index in [9.17, 15) is 14.4 Å². The number of amides is 3. The number of ether oxygens (including phenoxy) is 2. The lowest BCUT2D eigenvalue weighted by atomic mass is 10.1. The highest BCUT2D eigenvalue weighted by Crippen LogP contribution is 2.36. The van der Waals surface area contributed by atoms with E-state index in [1.807, 2.05) is 30.3 Å². The van der Waals surface area contributed by atoms with E-state index in [1.54, 1.807) is 30.0 Å². The molecule has 8 nitrogen and oxygen atoms in total. The molecule has 2 heterocycles. The molecule has 2 aromatic rings. The van der Waals surface area contributed by atoms with Gasteiger partial charge in [0.1, 0.15) is 19.3 Å². The second-order valence-corrected chi connectivity index (χ2v) is 7.99. The van der Waals surface area contributed by atoms with Crippen LogP contribution in [0.4, 0.5) is 5.69 Å². The molecule has 1 fully saturated rings. The molecule has 2 N–H and O–H groups in total. The van der Waals surface area contributed by atoms with Crippen molar-refractivity contribution in [3.63, 3.8) is 0 Å². The van der Waals surface area contributed by atoms with Crippen molar-refractivity contribution in [2.24, 2.45) is 5.92 Å². The Morgan fingerprint density at radius 1 is 1.09 bits per heavy atom. The summed E-state index contributed by atoms with van der Waals surface area (Å²) in [6, 6.07) is 14.5. The van der Waals surface area contributed by atoms with Gasteiger partial charge in [0.15, 0.2) is 11.5 Å². The molecule has 0 unspecified atom stereocenters. The molecule has 0 spiro atoms. The fraction of sp³-hybridized carbons (Fsp3) is 0.375. The van der Waals surface area contributed by atoms with Crippen LogP contribution in [0.2, 0.25) is 0 Å². The summed E-state index contributed by atoms with van der Waals surface area (Å²) < 4.78 is 11.1. The Morgan fingerprint density at radius 3 is 2.62 bits per heavy atom. The van der Waals surface area contributed by atoms with Gasteiger partial charge >= 0.3 is 0 Å². The minimum atomic E-state index is -0.684. The molecule has 2 atom stereocenters. The lowest BCUT2D eigenvalue weighted by Gasteiger charge is -2.22. The number of carbonyl (C=O) groups excluding carboxylic acids is 3. The van der Waals surface area contributed by atoms with Crippen molar-refractivity contribution in [3.05, 3.63) is 54.1 Å². The zero-order chi connectivity index (χ0) is 22.5. The Labute approximate surface area is 186 Å². The van der Waals surface area contributed by atoms with Crippen molar-refractivity contribution < 1.29 is 23.9 Å². The molecule has 168 valence electrons. The van der Waals surface area contributed by atoms with E-state index in [-0.39, 0.29) is 30.7 Å². The largest absolute Gasteiger partial charge is 0.486 e. The number of carbonyl (C=O) groups is 3. The number of hydrogen-bond donors (Lipinski definition) is 2. The van der Waals surface area contributed by atoms with Gasteiger partial charge in [-0.05, 0) is 31.0 Å². The van der Waals surface area contributed by atoms with Crippen molar-refractivity contribution in [2.45, 2.75) is 25.8 Å². The Kier molecular flexibility index (Phi) is 6.58. The van der Waals surface area contributed by atoms with Crippen molar-refractivity contribution in [2.75, 3.05) is 31.2 Å². The van der Waals surface area contributed by atoms with E-state index in [2.05, 4.69) is 10.6 Å². The first-order chi connectivity index (χ1) is 15.5. The molecule has 2 aliphatic rings. The van der Waals surface area contributed by atoms with E-state index in [0.29, 0.717) is 36.9 Å². The number of fused-ring (bicyclic) bond motifs is 1. The minimum Gasteiger partial charge on any atom is -0.486 e. The Balaban J connectivity index is 1.28. The van der Waals surface area contributed by atoms with Crippen LogP contribution in [-0.2, 0) is 20.8 Å². The predicted octanol–water partition coefficient (Wildman–Crippen LogP) is 1.67. The molecule has 2 aliphatic heterocycles. The molecule has 0 saturated carbocycles. The van der Waals surface area contributed by atoms with E-state index in [1.165, 1.54) is 0 Å². The minimum absolute atomic E-state index is 0.0998. The van der Waals surface area contributed by atoms with Crippen LogP contribution in [0.25, 0.3) is 0 Å². The maximum absolute atomic E-state index is 12.7. The maximum atomic E-state index is 12.7. The molecule has 0 aromatic heterocycles. The first-order valence-electron chi connectivity index (χ1n) is 10.8. The predicted molar refractivity (Wildman–Crippen MR) is 119 cm³/mol. The molecule has 2 aromatic carbocycles. The normalized spacial score (nSPS) is 18.2. The molecule has 32 heavy (non-hydrogen) atoms. The summed E-state index contributed by atoms with van der Waals surface area (Å²) in [4.78, 5) is 39.2. The van der Waals surface area contributed by atoms with Gasteiger partial charge in [-0.15, -0.1) is 0 Å². The smallest absolute Gasteiger partial charge is 0.242 e. The summed E-state index contributed by atoms with van der Waals surface area (Å²) in [5, 5.41) is 5.58. The van der Waals surface area contributed by atoms with Gasteiger partial charge in [-0.25, -0.2) is 0 Å². The average molecular weight is 437 g/mol. The fourth-order valence-corrected chi connectivity index (χ4v) is 3.86. The van der Waals surface area contributed by atoms with Gasteiger partial charge in [0.2, 0.25) is 17.7 Å². The lowest BCUT2D eigenvalue weighted by Crippen LogP contribution is -2.47. The summed E-state index contributed by atoms with van der Waals surface area (Å²) in [5.41, 5.74) is 1.80. The van der Waals surface area contributed by atoms with Crippen LogP contribution in [-0.4, -0.2) is 50.1 Å². The number of hydrogen-bond acceptors (Lipinski definition) is 5. The zero-order valence-electron chi connectivity index (χ0n) is 18.0. The van der Waals surface area contributed by atoms with E-state index in [4.69, 9.17) is 9.47 Å². The highest BCUT2D eigenvalue weighted by Gasteiger charge is 2.36. The molecule has 8 heteroatoms. The van der Waals surface area contributed by atoms with Crippen LogP contribution >= 0.6 is 0 Å². The highest BCUT2D eigenvalue weighted by molar-refractivity contribution is 6.01. The summed E-state index contributed by atoms with van der Waals surface area (Å²) in [5.74, 6) is 0.0340. The molecule has 4 rings (SSSR count). The Bertz CT molecular complexity index is 994. The summed E-state index contributed by atoms with van der Waals surface area (Å²) >= 11 is 0. The van der Waals surface area contributed by atoms with Crippen LogP contribution in [0.1, 0.15) is 18.9 Å². The van der Waals surface area contributed by atoms with E-state index >= 15 is 0 Å². The number of rotatable bonds is 7. The van der Waals surface area contributed by atoms with E-state index in [0.717, 1.165) is 12.0 Å².